The summed E-state index contributed by atoms with van der Waals surface area (Å²) in [5.41, 5.74) is 0. The lowest BCUT2D eigenvalue weighted by Crippen LogP contribution is -2.44. The predicted molar refractivity (Wildman–Crippen MR) is 55.6 cm³/mol. The molecule has 0 unspecified atom stereocenters. The molecule has 15 heavy (non-hydrogen) atoms. The molecule has 0 aliphatic heterocycles. The second-order valence-electron chi connectivity index (χ2n) is 4.05. The third kappa shape index (κ3) is 5.24. The van der Waals surface area contributed by atoms with Crippen LogP contribution in [0.5, 0.6) is 0 Å². The molecule has 1 atom stereocenters. The molecule has 1 aliphatic carbocycles. The maximum Gasteiger partial charge on any atom is 0.325 e. The molecule has 0 aromatic heterocycles. The van der Waals surface area contributed by atoms with Crippen molar-refractivity contribution in [1.82, 2.24) is 10.6 Å². The minimum absolute atomic E-state index is 0.402. The topological polar surface area (TPSA) is 78.4 Å². The molecule has 1 fully saturated rings. The Hall–Kier alpha value is -1.26. The number of urea groups is 1. The number of amides is 2. The maximum atomic E-state index is 11.1. The quantitative estimate of drug-likeness (QED) is 0.576. The SMILES string of the molecule is C[C@H](NC(=O)NCCCC1CC1)C(=O)O. The van der Waals surface area contributed by atoms with Crippen LogP contribution in [0.15, 0.2) is 0 Å². The van der Waals surface area contributed by atoms with E-state index in [1.165, 1.54) is 19.8 Å². The molecule has 1 aliphatic rings. The molecule has 0 bridgehead atoms. The first kappa shape index (κ1) is 11.8. The average molecular weight is 214 g/mol. The van der Waals surface area contributed by atoms with E-state index < -0.39 is 18.0 Å². The van der Waals surface area contributed by atoms with E-state index in [9.17, 15) is 9.59 Å². The Kier molecular flexibility index (Phi) is 4.39. The highest BCUT2D eigenvalue weighted by Crippen LogP contribution is 2.33. The van der Waals surface area contributed by atoms with Crippen LogP contribution in [0, 0.1) is 5.92 Å². The smallest absolute Gasteiger partial charge is 0.325 e. The Labute approximate surface area is 89.2 Å². The van der Waals surface area contributed by atoms with Gasteiger partial charge in [0.25, 0.3) is 0 Å². The largest absolute Gasteiger partial charge is 0.480 e. The Morgan fingerprint density at radius 1 is 1.47 bits per heavy atom. The maximum absolute atomic E-state index is 11.1. The van der Waals surface area contributed by atoms with Gasteiger partial charge in [-0.05, 0) is 25.7 Å². The zero-order chi connectivity index (χ0) is 11.3. The lowest BCUT2D eigenvalue weighted by molar-refractivity contribution is -0.138. The molecule has 1 rings (SSSR count). The number of carboxylic acids is 1. The van der Waals surface area contributed by atoms with Gasteiger partial charge in [-0.2, -0.15) is 0 Å². The number of aliphatic carboxylic acids is 1. The van der Waals surface area contributed by atoms with E-state index in [0.717, 1.165) is 18.8 Å². The molecule has 0 spiro atoms. The first-order valence-electron chi connectivity index (χ1n) is 5.36. The van der Waals surface area contributed by atoms with Gasteiger partial charge < -0.3 is 15.7 Å². The standard InChI is InChI=1S/C10H18N2O3/c1-7(9(13)14)12-10(15)11-6-2-3-8-4-5-8/h7-8H,2-6H2,1H3,(H,13,14)(H2,11,12,15)/t7-/m0/s1. The number of carbonyl (C=O) groups is 2. The zero-order valence-electron chi connectivity index (χ0n) is 8.95. The van der Waals surface area contributed by atoms with Gasteiger partial charge in [0.1, 0.15) is 6.04 Å². The van der Waals surface area contributed by atoms with Crippen LogP contribution in [0.3, 0.4) is 0 Å². The molecule has 0 radical (unpaired) electrons. The van der Waals surface area contributed by atoms with Crippen molar-refractivity contribution in [3.8, 4) is 0 Å². The van der Waals surface area contributed by atoms with Crippen LogP contribution in [0.4, 0.5) is 4.79 Å². The lowest BCUT2D eigenvalue weighted by atomic mass is 10.2. The van der Waals surface area contributed by atoms with Crippen molar-refractivity contribution < 1.29 is 14.7 Å². The molecule has 5 heteroatoms. The van der Waals surface area contributed by atoms with Crippen LogP contribution >= 0.6 is 0 Å². The molecule has 0 heterocycles. The molecule has 1 saturated carbocycles. The van der Waals surface area contributed by atoms with Gasteiger partial charge in [-0.15, -0.1) is 0 Å². The summed E-state index contributed by atoms with van der Waals surface area (Å²) < 4.78 is 0. The van der Waals surface area contributed by atoms with Crippen molar-refractivity contribution in [2.75, 3.05) is 6.54 Å². The van der Waals surface area contributed by atoms with Gasteiger partial charge >= 0.3 is 12.0 Å². The summed E-state index contributed by atoms with van der Waals surface area (Å²) in [7, 11) is 0. The van der Waals surface area contributed by atoms with Crippen molar-refractivity contribution >= 4 is 12.0 Å². The van der Waals surface area contributed by atoms with Crippen LogP contribution in [-0.2, 0) is 4.79 Å². The van der Waals surface area contributed by atoms with Gasteiger partial charge in [0, 0.05) is 6.54 Å². The van der Waals surface area contributed by atoms with E-state index in [1.807, 2.05) is 0 Å². The highest BCUT2D eigenvalue weighted by atomic mass is 16.4. The van der Waals surface area contributed by atoms with Crippen molar-refractivity contribution in [2.45, 2.75) is 38.6 Å². The fraction of sp³-hybridized carbons (Fsp3) is 0.800. The second-order valence-corrected chi connectivity index (χ2v) is 4.05. The van der Waals surface area contributed by atoms with Crippen molar-refractivity contribution in [1.29, 1.82) is 0 Å². The summed E-state index contributed by atoms with van der Waals surface area (Å²) in [6.07, 6.45) is 4.78. The molecule has 3 N–H and O–H groups in total. The first-order valence-corrected chi connectivity index (χ1v) is 5.36. The molecule has 0 saturated heterocycles. The molecule has 5 nitrogen and oxygen atoms in total. The fourth-order valence-corrected chi connectivity index (χ4v) is 1.31. The van der Waals surface area contributed by atoms with Crippen LogP contribution in [0.1, 0.15) is 32.6 Å². The number of hydrogen-bond donors (Lipinski definition) is 3. The average Bonchev–Trinajstić information content (AvgIpc) is 2.95. The van der Waals surface area contributed by atoms with Crippen LogP contribution < -0.4 is 10.6 Å². The van der Waals surface area contributed by atoms with E-state index in [4.69, 9.17) is 5.11 Å². The third-order valence-corrected chi connectivity index (χ3v) is 2.49. The van der Waals surface area contributed by atoms with Gasteiger partial charge in [-0.1, -0.05) is 12.8 Å². The first-order chi connectivity index (χ1) is 7.09. The van der Waals surface area contributed by atoms with Crippen LogP contribution in [-0.4, -0.2) is 29.7 Å². The summed E-state index contributed by atoms with van der Waals surface area (Å²) >= 11 is 0. The Balaban J connectivity index is 1.99. The number of nitrogens with one attached hydrogen (secondary N) is 2. The predicted octanol–water partition coefficient (Wildman–Crippen LogP) is 0.949. The van der Waals surface area contributed by atoms with Gasteiger partial charge in [0.15, 0.2) is 0 Å². The summed E-state index contributed by atoms with van der Waals surface area (Å²) in [6.45, 7) is 2.06. The van der Waals surface area contributed by atoms with Crippen molar-refractivity contribution in [3.05, 3.63) is 0 Å². The van der Waals surface area contributed by atoms with Crippen LogP contribution in [0.2, 0.25) is 0 Å². The van der Waals surface area contributed by atoms with Gasteiger partial charge in [0.2, 0.25) is 0 Å². The van der Waals surface area contributed by atoms with Crippen molar-refractivity contribution in [3.63, 3.8) is 0 Å². The minimum atomic E-state index is -1.02. The minimum Gasteiger partial charge on any atom is -0.480 e. The number of hydrogen-bond acceptors (Lipinski definition) is 2. The highest BCUT2D eigenvalue weighted by Gasteiger charge is 2.20. The second kappa shape index (κ2) is 5.58. The van der Waals surface area contributed by atoms with Gasteiger partial charge in [-0.25, -0.2) is 4.79 Å². The summed E-state index contributed by atoms with van der Waals surface area (Å²) in [5.74, 6) is -0.157. The summed E-state index contributed by atoms with van der Waals surface area (Å²) in [5, 5.41) is 13.5. The van der Waals surface area contributed by atoms with E-state index >= 15 is 0 Å². The van der Waals surface area contributed by atoms with Crippen LogP contribution in [0.25, 0.3) is 0 Å². The molecule has 0 aromatic rings. The van der Waals surface area contributed by atoms with E-state index in [-0.39, 0.29) is 0 Å². The van der Waals surface area contributed by atoms with Gasteiger partial charge in [0.05, 0.1) is 0 Å². The van der Waals surface area contributed by atoms with Crippen molar-refractivity contribution in [2.24, 2.45) is 5.92 Å². The summed E-state index contributed by atoms with van der Waals surface area (Å²) in [4.78, 5) is 21.6. The normalized spacial score (nSPS) is 16.9. The fourth-order valence-electron chi connectivity index (χ4n) is 1.31. The number of carboxylic acid groups (broad SMARTS) is 1. The van der Waals surface area contributed by atoms with E-state index in [2.05, 4.69) is 10.6 Å². The Morgan fingerprint density at radius 3 is 2.67 bits per heavy atom. The molecular weight excluding hydrogens is 196 g/mol. The molecule has 0 aromatic carbocycles. The number of rotatable bonds is 6. The Morgan fingerprint density at radius 2 is 2.13 bits per heavy atom. The number of carbonyl (C=O) groups excluding carboxylic acids is 1. The molecule has 2 amide bonds. The molecule has 86 valence electrons. The van der Waals surface area contributed by atoms with Gasteiger partial charge in [-0.3, -0.25) is 4.79 Å². The van der Waals surface area contributed by atoms with E-state index in [1.54, 1.807) is 0 Å². The third-order valence-electron chi connectivity index (χ3n) is 2.49. The van der Waals surface area contributed by atoms with E-state index in [0.29, 0.717) is 6.54 Å². The zero-order valence-corrected chi connectivity index (χ0v) is 8.95. The molecular formula is C10H18N2O3. The Bertz CT molecular complexity index is 239. The lowest BCUT2D eigenvalue weighted by Gasteiger charge is -2.10. The monoisotopic (exact) mass is 214 g/mol. The summed E-state index contributed by atoms with van der Waals surface area (Å²) in [6, 6.07) is -1.24. The highest BCUT2D eigenvalue weighted by molar-refractivity contribution is 5.82.